The predicted molar refractivity (Wildman–Crippen MR) is 297 cm³/mol. The number of pyridine rings is 1. The van der Waals surface area contributed by atoms with Gasteiger partial charge in [0.1, 0.15) is 28.9 Å². The molecule has 0 radical (unpaired) electrons. The van der Waals surface area contributed by atoms with Gasteiger partial charge in [-0.1, -0.05) is 18.2 Å². The lowest BCUT2D eigenvalue weighted by Gasteiger charge is -2.58. The van der Waals surface area contributed by atoms with Crippen molar-refractivity contribution >= 4 is 55.4 Å². The molecule has 5 aromatic rings. The average Bonchev–Trinajstić information content (AvgIpc) is 4.05. The van der Waals surface area contributed by atoms with Gasteiger partial charge in [0.15, 0.2) is 0 Å². The lowest BCUT2D eigenvalue weighted by molar-refractivity contribution is -0.384. The smallest absolute Gasteiger partial charge is 0.293 e. The third-order valence-electron chi connectivity index (χ3n) is 17.7. The molecule has 78 heavy (non-hydrogen) atoms. The number of nitro benzene ring substituents is 1. The molecular weight excluding hydrogens is 1010 g/mol. The molecule has 1 saturated carbocycles. The quantitative estimate of drug-likeness (QED) is 0.0664. The maximum Gasteiger partial charge on any atom is 0.293 e. The first-order valence-corrected chi connectivity index (χ1v) is 29.7. The van der Waals surface area contributed by atoms with E-state index in [0.29, 0.717) is 74.3 Å². The van der Waals surface area contributed by atoms with Crippen LogP contribution in [-0.4, -0.2) is 149 Å². The number of fused-ring (bicyclic) bond motifs is 3. The zero-order valence-corrected chi connectivity index (χ0v) is 45.6. The molecule has 1 spiro atoms. The summed E-state index contributed by atoms with van der Waals surface area (Å²) in [6.45, 7) is 14.2. The maximum absolute atomic E-state index is 14.8. The van der Waals surface area contributed by atoms with Crippen molar-refractivity contribution in [3.05, 3.63) is 100 Å². The Morgan fingerprint density at radius 1 is 0.885 bits per heavy atom. The fourth-order valence-corrected chi connectivity index (χ4v) is 14.4. The van der Waals surface area contributed by atoms with E-state index in [-0.39, 0.29) is 40.8 Å². The number of anilines is 4. The average molecular weight is 1090 g/mol. The number of nitrogens with zero attached hydrogens (tertiary/aromatic N) is 6. The summed E-state index contributed by atoms with van der Waals surface area (Å²) < 4.78 is 60.9. The number of piperidine rings is 1. The summed E-state index contributed by atoms with van der Waals surface area (Å²) in [5, 5.41) is 16.4. The molecule has 19 nitrogen and oxygen atoms in total. The van der Waals surface area contributed by atoms with Crippen LogP contribution in [0.3, 0.4) is 0 Å². The van der Waals surface area contributed by atoms with Crippen molar-refractivity contribution in [3.63, 3.8) is 0 Å². The highest BCUT2D eigenvalue weighted by Crippen LogP contribution is 2.54. The number of aromatic nitrogens is 2. The maximum atomic E-state index is 14.8. The number of carbonyl (C=O) groups excluding carboxylic acids is 1. The van der Waals surface area contributed by atoms with E-state index in [4.69, 9.17) is 28.7 Å². The summed E-state index contributed by atoms with van der Waals surface area (Å²) in [6, 6.07) is 22.3. The van der Waals surface area contributed by atoms with E-state index in [2.05, 4.69) is 72.7 Å². The highest BCUT2D eigenvalue weighted by Gasteiger charge is 2.51. The zero-order chi connectivity index (χ0) is 53.5. The topological polar surface area (TPSA) is 206 Å². The number of aromatic amines is 1. The van der Waals surface area contributed by atoms with E-state index in [0.717, 1.165) is 127 Å². The van der Waals surface area contributed by atoms with E-state index in [9.17, 15) is 23.3 Å². The zero-order valence-electron chi connectivity index (χ0n) is 44.8. The van der Waals surface area contributed by atoms with Gasteiger partial charge in [0, 0.05) is 114 Å². The second-order valence-electron chi connectivity index (χ2n) is 23.0. The molecule has 8 heterocycles. The highest BCUT2D eigenvalue weighted by atomic mass is 32.2. The van der Waals surface area contributed by atoms with Crippen molar-refractivity contribution in [2.24, 2.45) is 17.3 Å². The molecule has 12 rings (SSSR count). The fraction of sp³-hybridized carbons (Fsp3) is 0.552. The lowest BCUT2D eigenvalue weighted by Crippen LogP contribution is -2.60. The molecule has 2 aromatic heterocycles. The Morgan fingerprint density at radius 2 is 1.64 bits per heavy atom. The van der Waals surface area contributed by atoms with Gasteiger partial charge in [0.05, 0.1) is 45.9 Å². The van der Waals surface area contributed by atoms with E-state index >= 15 is 0 Å². The summed E-state index contributed by atoms with van der Waals surface area (Å²) in [6.07, 6.45) is 10.3. The van der Waals surface area contributed by atoms with Crippen LogP contribution in [0.25, 0.3) is 11.0 Å². The van der Waals surface area contributed by atoms with Crippen molar-refractivity contribution in [1.29, 1.82) is 0 Å². The van der Waals surface area contributed by atoms with Gasteiger partial charge in [-0.2, -0.15) is 4.98 Å². The summed E-state index contributed by atoms with van der Waals surface area (Å²) in [5.74, 6) is 1.42. The Morgan fingerprint density at radius 3 is 2.41 bits per heavy atom. The first-order valence-electron chi connectivity index (χ1n) is 28.3. The molecule has 416 valence electrons. The minimum atomic E-state index is -4.61. The van der Waals surface area contributed by atoms with Crippen molar-refractivity contribution < 1.29 is 41.8 Å². The summed E-state index contributed by atoms with van der Waals surface area (Å²) in [7, 11) is -4.61. The van der Waals surface area contributed by atoms with Crippen LogP contribution in [0.1, 0.15) is 93.6 Å². The van der Waals surface area contributed by atoms with Gasteiger partial charge >= 0.3 is 0 Å². The van der Waals surface area contributed by atoms with Crippen LogP contribution in [-0.2, 0) is 24.2 Å². The molecule has 6 fully saturated rings. The number of hydrogen-bond acceptors (Lipinski definition) is 16. The number of nitro groups is 1. The number of ether oxygens (including phenoxy) is 5. The number of para-hydroxylation sites is 1. The van der Waals surface area contributed by atoms with Crippen LogP contribution >= 0.6 is 0 Å². The number of piperazine rings is 1. The number of benzene rings is 3. The number of hydrogen-bond donors (Lipinski definition) is 3. The second-order valence-corrected chi connectivity index (χ2v) is 24.7. The molecule has 7 aliphatic rings. The number of amides is 1. The van der Waals surface area contributed by atoms with Crippen LogP contribution in [0, 0.1) is 27.4 Å². The summed E-state index contributed by atoms with van der Waals surface area (Å²) >= 11 is 0. The van der Waals surface area contributed by atoms with Gasteiger partial charge in [-0.15, -0.1) is 0 Å². The molecule has 1 aliphatic carbocycles. The number of H-pyrrole nitrogens is 1. The summed E-state index contributed by atoms with van der Waals surface area (Å²) in [4.78, 5) is 44.2. The molecule has 5 saturated heterocycles. The van der Waals surface area contributed by atoms with Crippen LogP contribution in [0.5, 0.6) is 11.6 Å². The monoisotopic (exact) mass is 1090 g/mol. The van der Waals surface area contributed by atoms with Crippen molar-refractivity contribution in [2.75, 3.05) is 101 Å². The standard InChI is InChI=1S/C58H73N9O10S/c1-38(2)76-53-6-4-3-5-45(53)52-36-63(35-40-14-26-74-27-15-40)22-23-65(52)43-32-58(33-43)17-20-64(21-18-58)42-7-9-46(49(30-42)66-48-16-28-75-37-54(48)77-57-51(66)29-41-11-19-59-55(41)61-57)56(68)62-78(71,72)44-8-10-47(50(31-44)67(69)70)60-34-39-12-24-73-25-13-39/h3-11,19,29-31,38-40,43,48,52,54,60H,12-18,20-28,32-37H2,1-2H3,(H,59,61)(H,62,68)/t48-,52+,54-/m0/s1. The Bertz CT molecular complexity index is 3090. The first kappa shape index (κ1) is 52.7. The van der Waals surface area contributed by atoms with E-state index < -0.39 is 37.5 Å². The molecule has 3 atom stereocenters. The molecule has 0 bridgehead atoms. The Hall–Kier alpha value is -6.03. The Balaban J connectivity index is 0.804. The molecule has 1 amide bonds. The minimum absolute atomic E-state index is 0.0765. The highest BCUT2D eigenvalue weighted by molar-refractivity contribution is 7.90. The predicted octanol–water partition coefficient (Wildman–Crippen LogP) is 8.44. The fourth-order valence-electron chi connectivity index (χ4n) is 13.4. The van der Waals surface area contributed by atoms with Crippen molar-refractivity contribution in [3.8, 4) is 11.6 Å². The van der Waals surface area contributed by atoms with Crippen LogP contribution in [0.2, 0.25) is 0 Å². The van der Waals surface area contributed by atoms with E-state index in [1.807, 2.05) is 30.5 Å². The number of sulfonamides is 1. The Labute approximate surface area is 456 Å². The molecule has 20 heteroatoms. The normalized spacial score (nSPS) is 23.6. The van der Waals surface area contributed by atoms with Gasteiger partial charge in [-0.3, -0.25) is 24.7 Å². The van der Waals surface area contributed by atoms with Gasteiger partial charge < -0.3 is 43.8 Å². The summed E-state index contributed by atoms with van der Waals surface area (Å²) in [5.41, 5.74) is 4.15. The third-order valence-corrected chi connectivity index (χ3v) is 19.0. The molecular formula is C58H73N9O10S. The molecule has 3 N–H and O–H groups in total. The second kappa shape index (κ2) is 22.2. The Kier molecular flexibility index (Phi) is 15.0. The lowest BCUT2D eigenvalue weighted by atomic mass is 9.59. The third kappa shape index (κ3) is 10.9. The van der Waals surface area contributed by atoms with Gasteiger partial charge in [-0.05, 0) is 137 Å². The van der Waals surface area contributed by atoms with Crippen LogP contribution < -0.4 is 29.3 Å². The molecule has 3 aromatic carbocycles. The van der Waals surface area contributed by atoms with E-state index in [1.165, 1.54) is 17.7 Å². The van der Waals surface area contributed by atoms with Gasteiger partial charge in [-0.25, -0.2) is 13.1 Å². The molecule has 6 aliphatic heterocycles. The number of carbonyl (C=O) groups is 1. The minimum Gasteiger partial charge on any atom is -0.491 e. The van der Waals surface area contributed by atoms with Gasteiger partial charge in [0.25, 0.3) is 21.6 Å². The SMILES string of the molecule is CC(C)Oc1ccccc1[C@H]1CN(CC2CCOCC2)CCN1C1CC2(CCN(c3ccc(C(=O)NS(=O)(=O)c4ccc(NCC5CCOCC5)c([N+](=O)[O-])c4)c(N4c5cc6cc[nH]c6nc5O[C@H]5COCC[C@@H]54)c3)CC2)C1. The van der Waals surface area contributed by atoms with Crippen molar-refractivity contribution in [2.45, 2.75) is 107 Å². The van der Waals surface area contributed by atoms with Crippen molar-refractivity contribution in [1.82, 2.24) is 24.5 Å². The largest absolute Gasteiger partial charge is 0.491 e. The number of rotatable bonds is 15. The van der Waals surface area contributed by atoms with E-state index in [1.54, 1.807) is 6.07 Å². The first-order chi connectivity index (χ1) is 37.9. The van der Waals surface area contributed by atoms with Crippen LogP contribution in [0.15, 0.2) is 83.9 Å². The number of nitrogens with one attached hydrogen (secondary N) is 3. The van der Waals surface area contributed by atoms with Gasteiger partial charge in [0.2, 0.25) is 5.88 Å². The molecule has 0 unspecified atom stereocenters. The van der Waals surface area contributed by atoms with Crippen LogP contribution in [0.4, 0.5) is 28.4 Å².